The summed E-state index contributed by atoms with van der Waals surface area (Å²) in [7, 11) is 0. The van der Waals surface area contributed by atoms with Crippen LogP contribution in [-0.2, 0) is 9.47 Å². The summed E-state index contributed by atoms with van der Waals surface area (Å²) >= 11 is 5.56. The lowest BCUT2D eigenvalue weighted by Gasteiger charge is -2.31. The molecule has 0 aromatic carbocycles. The van der Waals surface area contributed by atoms with Gasteiger partial charge in [-0.1, -0.05) is 18.0 Å². The lowest BCUT2D eigenvalue weighted by molar-refractivity contribution is -0.181. The highest BCUT2D eigenvalue weighted by Gasteiger charge is 2.43. The van der Waals surface area contributed by atoms with E-state index in [9.17, 15) is 0 Å². The Morgan fingerprint density at radius 2 is 2.00 bits per heavy atom. The van der Waals surface area contributed by atoms with Crippen LogP contribution in [0.2, 0.25) is 0 Å². The van der Waals surface area contributed by atoms with Crippen LogP contribution in [0.25, 0.3) is 0 Å². The number of hydrogen-bond acceptors (Lipinski definition) is 3. The van der Waals surface area contributed by atoms with Gasteiger partial charge < -0.3 is 9.47 Å². The highest BCUT2D eigenvalue weighted by Crippen LogP contribution is 2.38. The molecule has 1 spiro atoms. The Labute approximate surface area is 82.9 Å². The van der Waals surface area contributed by atoms with Crippen molar-refractivity contribution >= 4 is 16.8 Å². The first-order valence-electron chi connectivity index (χ1n) is 4.78. The highest BCUT2D eigenvalue weighted by atomic mass is 35.5. The van der Waals surface area contributed by atoms with Crippen molar-refractivity contribution in [2.75, 3.05) is 6.61 Å². The van der Waals surface area contributed by atoms with Crippen LogP contribution in [0.4, 0.5) is 0 Å². The monoisotopic (exact) mass is 203 g/mol. The van der Waals surface area contributed by atoms with Crippen molar-refractivity contribution < 1.29 is 9.47 Å². The van der Waals surface area contributed by atoms with Crippen LogP contribution in [0.15, 0.2) is 0 Å². The predicted molar refractivity (Wildman–Crippen MR) is 50.2 cm³/mol. The second kappa shape index (κ2) is 3.56. The van der Waals surface area contributed by atoms with Gasteiger partial charge in [-0.2, -0.15) is 0 Å². The normalized spacial score (nSPS) is 32.2. The van der Waals surface area contributed by atoms with Gasteiger partial charge in [0.15, 0.2) is 5.79 Å². The number of halogens is 1. The SMILES string of the molecule is N=C(Cl)C1COC2(CCCCC2)O1. The first-order chi connectivity index (χ1) is 6.22. The van der Waals surface area contributed by atoms with Crippen molar-refractivity contribution in [2.24, 2.45) is 0 Å². The third kappa shape index (κ3) is 1.87. The Balaban J connectivity index is 1.98. The van der Waals surface area contributed by atoms with Crippen LogP contribution >= 0.6 is 11.6 Å². The van der Waals surface area contributed by atoms with Gasteiger partial charge in [0.05, 0.1) is 6.61 Å². The summed E-state index contributed by atoms with van der Waals surface area (Å²) in [6.07, 6.45) is 5.16. The fraction of sp³-hybridized carbons (Fsp3) is 0.889. The van der Waals surface area contributed by atoms with Crippen LogP contribution in [0.5, 0.6) is 0 Å². The van der Waals surface area contributed by atoms with E-state index in [1.54, 1.807) is 0 Å². The molecular weight excluding hydrogens is 190 g/mol. The fourth-order valence-electron chi connectivity index (χ4n) is 2.03. The average molecular weight is 204 g/mol. The Morgan fingerprint density at radius 3 is 2.54 bits per heavy atom. The second-order valence-electron chi connectivity index (χ2n) is 3.74. The summed E-state index contributed by atoms with van der Waals surface area (Å²) in [6, 6.07) is 0. The molecule has 0 radical (unpaired) electrons. The van der Waals surface area contributed by atoms with E-state index in [0.717, 1.165) is 25.7 Å². The van der Waals surface area contributed by atoms with E-state index in [2.05, 4.69) is 0 Å². The van der Waals surface area contributed by atoms with Crippen molar-refractivity contribution in [3.8, 4) is 0 Å². The summed E-state index contributed by atoms with van der Waals surface area (Å²) in [5.41, 5.74) is 0. The summed E-state index contributed by atoms with van der Waals surface area (Å²) in [5, 5.41) is 7.31. The molecule has 1 aliphatic carbocycles. The number of ether oxygens (including phenoxy) is 2. The van der Waals surface area contributed by atoms with Gasteiger partial charge in [0.2, 0.25) is 0 Å². The zero-order valence-electron chi connectivity index (χ0n) is 7.51. The molecule has 1 saturated heterocycles. The van der Waals surface area contributed by atoms with Gasteiger partial charge in [-0.25, -0.2) is 0 Å². The fourth-order valence-corrected chi connectivity index (χ4v) is 2.14. The van der Waals surface area contributed by atoms with E-state index in [-0.39, 0.29) is 11.3 Å². The van der Waals surface area contributed by atoms with E-state index in [1.807, 2.05) is 0 Å². The second-order valence-corrected chi connectivity index (χ2v) is 4.14. The maximum absolute atomic E-state index is 7.25. The lowest BCUT2D eigenvalue weighted by atomic mass is 9.94. The van der Waals surface area contributed by atoms with E-state index >= 15 is 0 Å². The smallest absolute Gasteiger partial charge is 0.169 e. The lowest BCUT2D eigenvalue weighted by Crippen LogP contribution is -2.34. The molecule has 0 bridgehead atoms. The Morgan fingerprint density at radius 1 is 1.31 bits per heavy atom. The molecule has 3 nitrogen and oxygen atoms in total. The first kappa shape index (κ1) is 9.44. The Bertz CT molecular complexity index is 214. The maximum Gasteiger partial charge on any atom is 0.169 e. The molecule has 13 heavy (non-hydrogen) atoms. The highest BCUT2D eigenvalue weighted by molar-refractivity contribution is 6.65. The summed E-state index contributed by atoms with van der Waals surface area (Å²) in [6.45, 7) is 0.447. The minimum absolute atomic E-state index is 0.0578. The van der Waals surface area contributed by atoms with E-state index in [4.69, 9.17) is 26.5 Å². The van der Waals surface area contributed by atoms with Gasteiger partial charge in [0.1, 0.15) is 11.3 Å². The average Bonchev–Trinajstić information content (AvgIpc) is 2.51. The van der Waals surface area contributed by atoms with E-state index in [1.165, 1.54) is 6.42 Å². The van der Waals surface area contributed by atoms with Gasteiger partial charge in [-0.15, -0.1) is 0 Å². The molecule has 2 fully saturated rings. The molecule has 2 rings (SSSR count). The molecule has 1 saturated carbocycles. The van der Waals surface area contributed by atoms with Gasteiger partial charge in [0, 0.05) is 12.8 Å². The molecule has 0 aromatic rings. The van der Waals surface area contributed by atoms with Gasteiger partial charge in [0.25, 0.3) is 0 Å². The standard InChI is InChI=1S/C9H14ClNO2/c10-8(11)7-6-12-9(13-7)4-2-1-3-5-9/h7,11H,1-6H2. The topological polar surface area (TPSA) is 42.3 Å². The zero-order chi connectivity index (χ0) is 9.31. The predicted octanol–water partition coefficient (Wildman–Crippen LogP) is 2.28. The molecule has 74 valence electrons. The third-order valence-electron chi connectivity index (χ3n) is 2.75. The van der Waals surface area contributed by atoms with Crippen molar-refractivity contribution in [1.82, 2.24) is 0 Å². The molecule has 1 atom stereocenters. The largest absolute Gasteiger partial charge is 0.347 e. The maximum atomic E-state index is 7.25. The molecule has 0 aromatic heterocycles. The van der Waals surface area contributed by atoms with Gasteiger partial charge in [-0.05, 0) is 12.8 Å². The van der Waals surface area contributed by atoms with Crippen LogP contribution in [0.3, 0.4) is 0 Å². The van der Waals surface area contributed by atoms with Crippen LogP contribution in [-0.4, -0.2) is 23.7 Å². The molecule has 1 N–H and O–H groups in total. The van der Waals surface area contributed by atoms with Crippen molar-refractivity contribution in [3.63, 3.8) is 0 Å². The number of nitrogens with one attached hydrogen (secondary N) is 1. The van der Waals surface area contributed by atoms with Crippen LogP contribution < -0.4 is 0 Å². The molecule has 2 aliphatic rings. The Kier molecular flexibility index (Phi) is 2.58. The summed E-state index contributed by atoms with van der Waals surface area (Å²) in [5.74, 6) is -0.399. The van der Waals surface area contributed by atoms with E-state index < -0.39 is 5.79 Å². The van der Waals surface area contributed by atoms with Crippen LogP contribution in [0, 0.1) is 5.41 Å². The molecule has 1 unspecified atom stereocenters. The number of hydrogen-bond donors (Lipinski definition) is 1. The molecule has 0 amide bonds. The zero-order valence-corrected chi connectivity index (χ0v) is 8.27. The molecule has 1 heterocycles. The van der Waals surface area contributed by atoms with Gasteiger partial charge in [-0.3, -0.25) is 5.41 Å². The Hall–Kier alpha value is -0.120. The molecule has 4 heteroatoms. The first-order valence-corrected chi connectivity index (χ1v) is 5.15. The summed E-state index contributed by atoms with van der Waals surface area (Å²) < 4.78 is 11.3. The molecular formula is C9H14ClNO2. The van der Waals surface area contributed by atoms with Crippen molar-refractivity contribution in [1.29, 1.82) is 5.41 Å². The van der Waals surface area contributed by atoms with Crippen LogP contribution in [0.1, 0.15) is 32.1 Å². The quantitative estimate of drug-likeness (QED) is 0.665. The molecule has 1 aliphatic heterocycles. The summed E-state index contributed by atoms with van der Waals surface area (Å²) in [4.78, 5) is 0. The van der Waals surface area contributed by atoms with Crippen molar-refractivity contribution in [3.05, 3.63) is 0 Å². The van der Waals surface area contributed by atoms with E-state index in [0.29, 0.717) is 6.61 Å². The minimum atomic E-state index is -0.399. The minimum Gasteiger partial charge on any atom is -0.347 e. The van der Waals surface area contributed by atoms with Crippen molar-refractivity contribution in [2.45, 2.75) is 44.0 Å². The third-order valence-corrected chi connectivity index (χ3v) is 3.00. The van der Waals surface area contributed by atoms with Gasteiger partial charge >= 0.3 is 0 Å². The number of rotatable bonds is 1.